The summed E-state index contributed by atoms with van der Waals surface area (Å²) < 4.78 is 0. The molecule has 0 fully saturated rings. The Morgan fingerprint density at radius 2 is 1.50 bits per heavy atom. The van der Waals surface area contributed by atoms with E-state index < -0.39 is 0 Å². The standard InChI is InChI=1S/C7H10.2C2H6.CH4/c1-7-5-3-2-4-6-7;2*1-2;/h3,5-6H,2,4H2,1H3;2*1-2H3;1H4. The van der Waals surface area contributed by atoms with Crippen LogP contribution in [0.2, 0.25) is 0 Å². The van der Waals surface area contributed by atoms with E-state index in [2.05, 4.69) is 25.2 Å². The van der Waals surface area contributed by atoms with Crippen molar-refractivity contribution in [2.24, 2.45) is 0 Å². The van der Waals surface area contributed by atoms with Crippen LogP contribution in [0.4, 0.5) is 0 Å². The normalized spacial score (nSPS) is 12.2. The van der Waals surface area contributed by atoms with Crippen LogP contribution in [0.1, 0.15) is 54.9 Å². The molecule has 0 heteroatoms. The molecular formula is C12H26. The maximum Gasteiger partial charge on any atom is -0.0310 e. The molecule has 0 atom stereocenters. The van der Waals surface area contributed by atoms with E-state index in [9.17, 15) is 0 Å². The number of rotatable bonds is 0. The van der Waals surface area contributed by atoms with Crippen molar-refractivity contribution < 1.29 is 0 Å². The summed E-state index contributed by atoms with van der Waals surface area (Å²) in [6.45, 7) is 10.1. The molecule has 0 radical (unpaired) electrons. The van der Waals surface area contributed by atoms with Gasteiger partial charge >= 0.3 is 0 Å². The largest absolute Gasteiger partial charge is 0.0840 e. The summed E-state index contributed by atoms with van der Waals surface area (Å²) in [5, 5.41) is 0. The quantitative estimate of drug-likeness (QED) is 0.481. The molecule has 0 unspecified atom stereocenters. The van der Waals surface area contributed by atoms with Gasteiger partial charge in [0.1, 0.15) is 0 Å². The van der Waals surface area contributed by atoms with Gasteiger partial charge in [0.2, 0.25) is 0 Å². The van der Waals surface area contributed by atoms with E-state index in [1.807, 2.05) is 27.7 Å². The minimum atomic E-state index is 0. The fourth-order valence-electron chi connectivity index (χ4n) is 0.744. The van der Waals surface area contributed by atoms with Crippen LogP contribution < -0.4 is 0 Å². The van der Waals surface area contributed by atoms with Gasteiger partial charge in [0.15, 0.2) is 0 Å². The summed E-state index contributed by atoms with van der Waals surface area (Å²) in [5.41, 5.74) is 1.41. The Bertz CT molecular complexity index is 107. The van der Waals surface area contributed by atoms with Crippen molar-refractivity contribution in [2.75, 3.05) is 0 Å². The van der Waals surface area contributed by atoms with Crippen molar-refractivity contribution in [2.45, 2.75) is 54.9 Å². The SMILES string of the molecule is C.CC.CC.CC1=CCCC=C1. The second-order valence-electron chi connectivity index (χ2n) is 1.93. The molecule has 0 saturated heterocycles. The Balaban J connectivity index is -0.000000144. The third-order valence-electron chi connectivity index (χ3n) is 1.18. The van der Waals surface area contributed by atoms with E-state index in [-0.39, 0.29) is 7.43 Å². The minimum Gasteiger partial charge on any atom is -0.0840 e. The first-order valence-corrected chi connectivity index (χ1v) is 4.73. The zero-order chi connectivity index (χ0) is 9.11. The van der Waals surface area contributed by atoms with Gasteiger partial charge in [-0.25, -0.2) is 0 Å². The van der Waals surface area contributed by atoms with E-state index in [1.165, 1.54) is 18.4 Å². The lowest BCUT2D eigenvalue weighted by Gasteiger charge is -1.96. The van der Waals surface area contributed by atoms with Crippen molar-refractivity contribution in [1.29, 1.82) is 0 Å². The maximum atomic E-state index is 2.26. The van der Waals surface area contributed by atoms with Gasteiger partial charge in [-0.1, -0.05) is 58.9 Å². The summed E-state index contributed by atoms with van der Waals surface area (Å²) in [4.78, 5) is 0. The molecule has 0 saturated carbocycles. The molecule has 12 heavy (non-hydrogen) atoms. The first-order valence-electron chi connectivity index (χ1n) is 4.73. The highest BCUT2D eigenvalue weighted by atomic mass is 13.9. The van der Waals surface area contributed by atoms with Crippen LogP contribution in [-0.2, 0) is 0 Å². The molecule has 0 spiro atoms. The van der Waals surface area contributed by atoms with E-state index in [1.54, 1.807) is 0 Å². The molecular weight excluding hydrogens is 144 g/mol. The van der Waals surface area contributed by atoms with E-state index in [0.717, 1.165) is 0 Å². The second-order valence-corrected chi connectivity index (χ2v) is 1.93. The first kappa shape index (κ1) is 17.5. The highest BCUT2D eigenvalue weighted by molar-refractivity contribution is 5.18. The van der Waals surface area contributed by atoms with Gasteiger partial charge in [0.25, 0.3) is 0 Å². The van der Waals surface area contributed by atoms with Crippen LogP contribution in [0.3, 0.4) is 0 Å². The zero-order valence-corrected chi connectivity index (χ0v) is 8.65. The second kappa shape index (κ2) is 16.8. The van der Waals surface area contributed by atoms with Crippen LogP contribution in [-0.4, -0.2) is 0 Å². The predicted octanol–water partition coefficient (Wildman–Crippen LogP) is 4.97. The Morgan fingerprint density at radius 3 is 1.67 bits per heavy atom. The molecule has 1 rings (SSSR count). The van der Waals surface area contributed by atoms with Gasteiger partial charge < -0.3 is 0 Å². The van der Waals surface area contributed by atoms with Crippen LogP contribution in [0, 0.1) is 0 Å². The minimum absolute atomic E-state index is 0. The van der Waals surface area contributed by atoms with E-state index in [4.69, 9.17) is 0 Å². The lowest BCUT2D eigenvalue weighted by molar-refractivity contribution is 1.02. The Morgan fingerprint density at radius 1 is 1.00 bits per heavy atom. The molecule has 1 aliphatic carbocycles. The Hall–Kier alpha value is -0.520. The van der Waals surface area contributed by atoms with Crippen molar-refractivity contribution >= 4 is 0 Å². The first-order chi connectivity index (χ1) is 5.39. The summed E-state index contributed by atoms with van der Waals surface area (Å²) in [7, 11) is 0. The molecule has 0 aromatic rings. The van der Waals surface area contributed by atoms with Crippen LogP contribution in [0.5, 0.6) is 0 Å². The van der Waals surface area contributed by atoms with Crippen molar-refractivity contribution in [3.8, 4) is 0 Å². The van der Waals surface area contributed by atoms with Crippen LogP contribution in [0.25, 0.3) is 0 Å². The molecule has 0 aromatic heterocycles. The summed E-state index contributed by atoms with van der Waals surface area (Å²) >= 11 is 0. The Labute approximate surface area is 79.4 Å². The monoisotopic (exact) mass is 170 g/mol. The fraction of sp³-hybridized carbons (Fsp3) is 0.667. The van der Waals surface area contributed by atoms with Gasteiger partial charge in [0.05, 0.1) is 0 Å². The van der Waals surface area contributed by atoms with Gasteiger partial charge in [0, 0.05) is 0 Å². The van der Waals surface area contributed by atoms with Gasteiger partial charge in [-0.05, 0) is 19.8 Å². The molecule has 0 heterocycles. The summed E-state index contributed by atoms with van der Waals surface area (Å²) in [6.07, 6.45) is 9.12. The number of hydrogen-bond acceptors (Lipinski definition) is 0. The maximum absolute atomic E-state index is 2.26. The summed E-state index contributed by atoms with van der Waals surface area (Å²) in [6, 6.07) is 0. The van der Waals surface area contributed by atoms with Gasteiger partial charge in [-0.2, -0.15) is 0 Å². The third-order valence-corrected chi connectivity index (χ3v) is 1.18. The molecule has 0 bridgehead atoms. The fourth-order valence-corrected chi connectivity index (χ4v) is 0.744. The van der Waals surface area contributed by atoms with Gasteiger partial charge in [-0.3, -0.25) is 0 Å². The molecule has 0 nitrogen and oxygen atoms in total. The van der Waals surface area contributed by atoms with Crippen molar-refractivity contribution in [1.82, 2.24) is 0 Å². The highest BCUT2D eigenvalue weighted by Crippen LogP contribution is 2.06. The smallest absolute Gasteiger partial charge is 0.0310 e. The zero-order valence-electron chi connectivity index (χ0n) is 8.65. The Kier molecular flexibility index (Phi) is 24.6. The van der Waals surface area contributed by atoms with E-state index in [0.29, 0.717) is 0 Å². The third kappa shape index (κ3) is 12.2. The molecule has 0 aliphatic heterocycles. The molecule has 1 aliphatic rings. The average molecular weight is 170 g/mol. The van der Waals surface area contributed by atoms with Crippen molar-refractivity contribution in [3.63, 3.8) is 0 Å². The van der Waals surface area contributed by atoms with Crippen molar-refractivity contribution in [3.05, 3.63) is 23.8 Å². The lowest BCUT2D eigenvalue weighted by atomic mass is 10.1. The predicted molar refractivity (Wildman–Crippen MR) is 61.6 cm³/mol. The number of allylic oxidation sites excluding steroid dienone is 4. The molecule has 74 valence electrons. The molecule has 0 N–H and O–H groups in total. The lowest BCUT2D eigenvalue weighted by Crippen LogP contribution is -1.76. The topological polar surface area (TPSA) is 0 Å². The van der Waals surface area contributed by atoms with E-state index >= 15 is 0 Å². The van der Waals surface area contributed by atoms with Crippen LogP contribution in [0.15, 0.2) is 23.8 Å². The molecule has 0 aromatic carbocycles. The summed E-state index contributed by atoms with van der Waals surface area (Å²) in [5.74, 6) is 0. The van der Waals surface area contributed by atoms with Crippen LogP contribution >= 0.6 is 0 Å². The number of hydrogen-bond donors (Lipinski definition) is 0. The molecule has 0 amide bonds. The van der Waals surface area contributed by atoms with Gasteiger partial charge in [-0.15, -0.1) is 0 Å². The highest BCUT2D eigenvalue weighted by Gasteiger charge is 1.86. The average Bonchev–Trinajstić information content (AvgIpc) is 2.13.